The minimum Gasteiger partial charge on any atom is -0.389 e. The predicted octanol–water partition coefficient (Wildman–Crippen LogP) is 3.14. The van der Waals surface area contributed by atoms with Gasteiger partial charge in [0.05, 0.1) is 6.20 Å². The van der Waals surface area contributed by atoms with Crippen LogP contribution in [0.25, 0.3) is 10.6 Å². The number of benzene rings is 1. The monoisotopic (exact) mass is 443 g/mol. The highest BCUT2D eigenvalue weighted by Crippen LogP contribution is 2.33. The quantitative estimate of drug-likeness (QED) is 0.571. The second-order valence-electron chi connectivity index (χ2n) is 7.85. The van der Waals surface area contributed by atoms with Gasteiger partial charge in [0.15, 0.2) is 11.5 Å². The van der Waals surface area contributed by atoms with Crippen molar-refractivity contribution in [2.45, 2.75) is 32.2 Å². The fourth-order valence-corrected chi connectivity index (χ4v) is 4.67. The Kier molecular flexibility index (Phi) is 5.92. The third-order valence-electron chi connectivity index (χ3n) is 5.45. The summed E-state index contributed by atoms with van der Waals surface area (Å²) in [5.41, 5.74) is 14.1. The lowest BCUT2D eigenvalue weighted by Crippen LogP contribution is -2.29. The summed E-state index contributed by atoms with van der Waals surface area (Å²) < 4.78 is 16.0. The average molecular weight is 444 g/mol. The van der Waals surface area contributed by atoms with Crippen molar-refractivity contribution in [3.8, 4) is 10.6 Å². The number of carbonyl (C=O) groups is 1. The van der Waals surface area contributed by atoms with Crippen LogP contribution in [0.3, 0.4) is 0 Å². The SMILES string of the molecule is Cc1ccc(F)c(-c2nc(C(=O)Nc3cnn(C)c3N3CCCC(N)CC3)c(N)s2)c1. The van der Waals surface area contributed by atoms with Gasteiger partial charge in [-0.1, -0.05) is 23.0 Å². The van der Waals surface area contributed by atoms with Crippen LogP contribution in [0, 0.1) is 12.7 Å². The molecule has 8 nitrogen and oxygen atoms in total. The van der Waals surface area contributed by atoms with Gasteiger partial charge >= 0.3 is 0 Å². The third kappa shape index (κ3) is 4.40. The summed E-state index contributed by atoms with van der Waals surface area (Å²) >= 11 is 1.09. The van der Waals surface area contributed by atoms with Crippen LogP contribution in [-0.2, 0) is 7.05 Å². The van der Waals surface area contributed by atoms with Gasteiger partial charge in [0.25, 0.3) is 5.91 Å². The molecule has 3 aromatic rings. The van der Waals surface area contributed by atoms with Crippen LogP contribution >= 0.6 is 11.3 Å². The number of hydrogen-bond donors (Lipinski definition) is 3. The van der Waals surface area contributed by atoms with Crippen molar-refractivity contribution in [3.05, 3.63) is 41.5 Å². The Bertz CT molecular complexity index is 1110. The maximum Gasteiger partial charge on any atom is 0.277 e. The van der Waals surface area contributed by atoms with E-state index < -0.39 is 11.7 Å². The lowest BCUT2D eigenvalue weighted by atomic mass is 10.1. The zero-order valence-corrected chi connectivity index (χ0v) is 18.4. The molecular weight excluding hydrogens is 417 g/mol. The molecule has 1 aromatic carbocycles. The molecule has 4 rings (SSSR count). The van der Waals surface area contributed by atoms with Gasteiger partial charge in [0.1, 0.15) is 21.5 Å². The highest BCUT2D eigenvalue weighted by molar-refractivity contribution is 7.19. The molecular formula is C21H26FN7OS. The van der Waals surface area contributed by atoms with E-state index >= 15 is 0 Å². The summed E-state index contributed by atoms with van der Waals surface area (Å²) in [4.78, 5) is 19.5. The molecule has 1 amide bonds. The van der Waals surface area contributed by atoms with Gasteiger partial charge in [0.2, 0.25) is 0 Å². The van der Waals surface area contributed by atoms with Gasteiger partial charge in [-0.2, -0.15) is 5.10 Å². The first-order valence-electron chi connectivity index (χ1n) is 10.2. The maximum atomic E-state index is 14.3. The number of anilines is 3. The highest BCUT2D eigenvalue weighted by Gasteiger charge is 2.24. The van der Waals surface area contributed by atoms with E-state index in [-0.39, 0.29) is 16.7 Å². The molecule has 0 aliphatic carbocycles. The van der Waals surface area contributed by atoms with Crippen molar-refractivity contribution in [3.63, 3.8) is 0 Å². The second-order valence-corrected chi connectivity index (χ2v) is 8.88. The first-order chi connectivity index (χ1) is 14.8. The van der Waals surface area contributed by atoms with Gasteiger partial charge in [0, 0.05) is 31.7 Å². The molecule has 0 radical (unpaired) electrons. The maximum absolute atomic E-state index is 14.3. The predicted molar refractivity (Wildman–Crippen MR) is 122 cm³/mol. The van der Waals surface area contributed by atoms with Crippen molar-refractivity contribution < 1.29 is 9.18 Å². The minimum absolute atomic E-state index is 0.0774. The summed E-state index contributed by atoms with van der Waals surface area (Å²) in [5.74, 6) is -0.0322. The third-order valence-corrected chi connectivity index (χ3v) is 6.37. The molecule has 2 aromatic heterocycles. The minimum atomic E-state index is -0.450. The summed E-state index contributed by atoms with van der Waals surface area (Å²) in [7, 11) is 1.84. The number of nitrogens with one attached hydrogen (secondary N) is 1. The molecule has 1 atom stereocenters. The second kappa shape index (κ2) is 8.64. The van der Waals surface area contributed by atoms with Crippen molar-refractivity contribution in [2.24, 2.45) is 12.8 Å². The van der Waals surface area contributed by atoms with Gasteiger partial charge in [-0.25, -0.2) is 9.37 Å². The Morgan fingerprint density at radius 3 is 2.94 bits per heavy atom. The fourth-order valence-electron chi connectivity index (χ4n) is 3.82. The van der Waals surface area contributed by atoms with Crippen molar-refractivity contribution in [2.75, 3.05) is 29.0 Å². The van der Waals surface area contributed by atoms with Gasteiger partial charge in [-0.15, -0.1) is 0 Å². The molecule has 5 N–H and O–H groups in total. The zero-order valence-electron chi connectivity index (χ0n) is 17.6. The number of nitrogen functional groups attached to an aromatic ring is 1. The van der Waals surface area contributed by atoms with Crippen LogP contribution in [0.1, 0.15) is 35.3 Å². The van der Waals surface area contributed by atoms with E-state index in [9.17, 15) is 9.18 Å². The van der Waals surface area contributed by atoms with Gasteiger partial charge in [-0.3, -0.25) is 9.48 Å². The lowest BCUT2D eigenvalue weighted by molar-refractivity contribution is 0.102. The van der Waals surface area contributed by atoms with Crippen molar-refractivity contribution >= 4 is 33.8 Å². The number of thiazole rings is 1. The number of nitrogens with two attached hydrogens (primary N) is 2. The Morgan fingerprint density at radius 2 is 2.13 bits per heavy atom. The van der Waals surface area contributed by atoms with Crippen LogP contribution < -0.4 is 21.7 Å². The Hall–Kier alpha value is -2.98. The average Bonchev–Trinajstić information content (AvgIpc) is 3.21. The fraction of sp³-hybridized carbons (Fsp3) is 0.381. The summed E-state index contributed by atoms with van der Waals surface area (Å²) in [5, 5.41) is 7.81. The Balaban J connectivity index is 1.59. The van der Waals surface area contributed by atoms with Gasteiger partial charge in [-0.05, 0) is 38.3 Å². The normalized spacial score (nSPS) is 16.9. The number of amides is 1. The molecule has 164 valence electrons. The number of nitrogens with zero attached hydrogens (tertiary/aromatic N) is 4. The van der Waals surface area contributed by atoms with Crippen LogP contribution in [0.5, 0.6) is 0 Å². The summed E-state index contributed by atoms with van der Waals surface area (Å²) in [6.07, 6.45) is 4.44. The van der Waals surface area contributed by atoms with Crippen LogP contribution in [0.15, 0.2) is 24.4 Å². The molecule has 1 unspecified atom stereocenters. The lowest BCUT2D eigenvalue weighted by Gasteiger charge is -2.24. The van der Waals surface area contributed by atoms with Crippen molar-refractivity contribution in [1.29, 1.82) is 0 Å². The number of hydrogen-bond acceptors (Lipinski definition) is 7. The molecule has 0 saturated carbocycles. The zero-order chi connectivity index (χ0) is 22.1. The van der Waals surface area contributed by atoms with Crippen LogP contribution in [0.4, 0.5) is 20.9 Å². The summed E-state index contributed by atoms with van der Waals surface area (Å²) in [6.45, 7) is 3.50. The number of aryl methyl sites for hydroxylation is 2. The molecule has 31 heavy (non-hydrogen) atoms. The molecule has 1 saturated heterocycles. The first-order valence-corrected chi connectivity index (χ1v) is 11.0. The van der Waals surface area contributed by atoms with E-state index in [0.717, 1.165) is 55.1 Å². The standard InChI is InChI=1S/C21H26FN7OS/c1-12-5-6-15(22)14(10-12)20-27-17(18(24)31-20)19(30)26-16-11-25-28(2)21(16)29-8-3-4-13(23)7-9-29/h5-6,10-11,13H,3-4,7-9,23-24H2,1-2H3,(H,26,30). The topological polar surface area (TPSA) is 115 Å². The Morgan fingerprint density at radius 1 is 1.32 bits per heavy atom. The molecule has 10 heteroatoms. The molecule has 0 spiro atoms. The first kappa shape index (κ1) is 21.3. The molecule has 3 heterocycles. The smallest absolute Gasteiger partial charge is 0.277 e. The Labute approximate surface area is 184 Å². The summed E-state index contributed by atoms with van der Waals surface area (Å²) in [6, 6.07) is 4.95. The van der Waals surface area contributed by atoms with E-state index in [4.69, 9.17) is 11.5 Å². The molecule has 1 aliphatic rings. The van der Waals surface area contributed by atoms with Gasteiger partial charge < -0.3 is 21.7 Å². The molecule has 1 fully saturated rings. The molecule has 1 aliphatic heterocycles. The van der Waals surface area contributed by atoms with E-state index in [0.29, 0.717) is 16.3 Å². The van der Waals surface area contributed by atoms with E-state index in [1.807, 2.05) is 14.0 Å². The number of halogens is 1. The number of rotatable bonds is 4. The van der Waals surface area contributed by atoms with E-state index in [1.165, 1.54) is 6.07 Å². The largest absolute Gasteiger partial charge is 0.389 e. The van der Waals surface area contributed by atoms with E-state index in [1.54, 1.807) is 23.0 Å². The van der Waals surface area contributed by atoms with E-state index in [2.05, 4.69) is 20.3 Å². The number of aromatic nitrogens is 3. The van der Waals surface area contributed by atoms with Crippen molar-refractivity contribution in [1.82, 2.24) is 14.8 Å². The molecule has 0 bridgehead atoms. The van der Waals surface area contributed by atoms with Crippen LogP contribution in [-0.4, -0.2) is 39.8 Å². The van der Waals surface area contributed by atoms with Crippen LogP contribution in [0.2, 0.25) is 0 Å². The number of carbonyl (C=O) groups excluding carboxylic acids is 1. The highest BCUT2D eigenvalue weighted by atomic mass is 32.1.